The monoisotopic (exact) mass is 515 g/mol. The van der Waals surface area contributed by atoms with Crippen LogP contribution in [0.1, 0.15) is 0 Å². The predicted octanol–water partition coefficient (Wildman–Crippen LogP) is 10.2. The van der Waals surface area contributed by atoms with Gasteiger partial charge in [-0.25, -0.2) is 0 Å². The van der Waals surface area contributed by atoms with Crippen LogP contribution in [-0.4, -0.2) is 4.57 Å². The average Bonchev–Trinajstić information content (AvgIpc) is 3.54. The van der Waals surface area contributed by atoms with Crippen molar-refractivity contribution in [3.63, 3.8) is 0 Å². The first kappa shape index (κ1) is 21.5. The number of rotatable bonds is 2. The van der Waals surface area contributed by atoms with Crippen LogP contribution in [0, 0.1) is 0 Å². The molecule has 3 heterocycles. The van der Waals surface area contributed by atoms with E-state index in [-0.39, 0.29) is 0 Å². The van der Waals surface area contributed by atoms with E-state index < -0.39 is 0 Å². The van der Waals surface area contributed by atoms with Gasteiger partial charge in [0.15, 0.2) is 23.0 Å². The van der Waals surface area contributed by atoms with Gasteiger partial charge in [-0.2, -0.15) is 0 Å². The fourth-order valence-corrected chi connectivity index (χ4v) is 5.99. The molecule has 4 heteroatoms. The van der Waals surface area contributed by atoms with Crippen LogP contribution < -0.4 is 9.47 Å². The summed E-state index contributed by atoms with van der Waals surface area (Å²) in [5, 5.41) is 4.66. The Balaban J connectivity index is 1.20. The normalized spacial score (nSPS) is 12.4. The van der Waals surface area contributed by atoms with E-state index in [0.717, 1.165) is 72.8 Å². The molecule has 40 heavy (non-hydrogen) atoms. The van der Waals surface area contributed by atoms with Gasteiger partial charge in [-0.3, -0.25) is 0 Å². The van der Waals surface area contributed by atoms with E-state index in [0.29, 0.717) is 0 Å². The maximum Gasteiger partial charge on any atom is 0.170 e. The molecule has 188 valence electrons. The molecule has 1 aliphatic heterocycles. The highest BCUT2D eigenvalue weighted by Crippen LogP contribution is 2.46. The molecule has 4 nitrogen and oxygen atoms in total. The molecule has 2 aromatic heterocycles. The third-order valence-electron chi connectivity index (χ3n) is 7.86. The lowest BCUT2D eigenvalue weighted by molar-refractivity contribution is 0.360. The van der Waals surface area contributed by atoms with Gasteiger partial charge in [-0.1, -0.05) is 60.7 Å². The summed E-state index contributed by atoms with van der Waals surface area (Å²) in [6.07, 6.45) is 0. The van der Waals surface area contributed by atoms with Crippen molar-refractivity contribution in [2.75, 3.05) is 0 Å². The molecule has 0 saturated carbocycles. The zero-order valence-electron chi connectivity index (χ0n) is 21.3. The number of furan rings is 1. The molecule has 6 aromatic carbocycles. The van der Waals surface area contributed by atoms with Crippen molar-refractivity contribution in [1.82, 2.24) is 4.57 Å². The predicted molar refractivity (Wildman–Crippen MR) is 160 cm³/mol. The third kappa shape index (κ3) is 3.07. The van der Waals surface area contributed by atoms with Gasteiger partial charge in [0.1, 0.15) is 11.2 Å². The quantitative estimate of drug-likeness (QED) is 0.230. The highest BCUT2D eigenvalue weighted by atomic mass is 16.6. The molecule has 0 amide bonds. The van der Waals surface area contributed by atoms with Gasteiger partial charge in [-0.05, 0) is 71.8 Å². The molecule has 0 atom stereocenters. The highest BCUT2D eigenvalue weighted by molar-refractivity contribution is 6.11. The number of hydrogen-bond acceptors (Lipinski definition) is 3. The number of ether oxygens (including phenoxy) is 2. The number of aromatic nitrogens is 1. The van der Waals surface area contributed by atoms with Gasteiger partial charge in [0, 0.05) is 33.3 Å². The smallest absolute Gasteiger partial charge is 0.170 e. The van der Waals surface area contributed by atoms with Crippen molar-refractivity contribution in [1.29, 1.82) is 0 Å². The van der Waals surface area contributed by atoms with Crippen LogP contribution in [0.5, 0.6) is 23.0 Å². The molecule has 0 fully saturated rings. The fraction of sp³-hybridized carbons (Fsp3) is 0. The van der Waals surface area contributed by atoms with Gasteiger partial charge in [-0.15, -0.1) is 0 Å². The molecule has 0 unspecified atom stereocenters. The first-order valence-corrected chi connectivity index (χ1v) is 13.3. The maximum atomic E-state index is 6.22. The zero-order chi connectivity index (χ0) is 26.2. The van der Waals surface area contributed by atoms with E-state index in [1.165, 1.54) is 10.8 Å². The molecular formula is C36H21NO3. The van der Waals surface area contributed by atoms with Crippen molar-refractivity contribution >= 4 is 43.7 Å². The Kier molecular flexibility index (Phi) is 4.30. The van der Waals surface area contributed by atoms with Crippen molar-refractivity contribution in [3.8, 4) is 39.8 Å². The van der Waals surface area contributed by atoms with Crippen molar-refractivity contribution in [2.45, 2.75) is 0 Å². The first-order valence-electron chi connectivity index (χ1n) is 13.3. The van der Waals surface area contributed by atoms with Crippen LogP contribution in [0.15, 0.2) is 132 Å². The van der Waals surface area contributed by atoms with Crippen molar-refractivity contribution in [3.05, 3.63) is 127 Å². The number of benzene rings is 6. The summed E-state index contributed by atoms with van der Waals surface area (Å²) < 4.78 is 20.8. The van der Waals surface area contributed by atoms with E-state index in [1.807, 2.05) is 42.5 Å². The van der Waals surface area contributed by atoms with Gasteiger partial charge in [0.2, 0.25) is 0 Å². The second-order valence-corrected chi connectivity index (χ2v) is 10.2. The lowest BCUT2D eigenvalue weighted by Crippen LogP contribution is -1.98. The lowest BCUT2D eigenvalue weighted by atomic mass is 10.0. The highest BCUT2D eigenvalue weighted by Gasteiger charge is 2.20. The molecule has 0 saturated heterocycles. The van der Waals surface area contributed by atoms with Gasteiger partial charge < -0.3 is 18.5 Å². The fourth-order valence-electron chi connectivity index (χ4n) is 5.99. The largest absolute Gasteiger partial charge is 0.456 e. The molecule has 9 rings (SSSR count). The number of fused-ring (bicyclic) bond motifs is 8. The Morgan fingerprint density at radius 1 is 0.400 bits per heavy atom. The van der Waals surface area contributed by atoms with E-state index >= 15 is 0 Å². The summed E-state index contributed by atoms with van der Waals surface area (Å²) in [7, 11) is 0. The second-order valence-electron chi connectivity index (χ2n) is 10.2. The summed E-state index contributed by atoms with van der Waals surface area (Å²) in [5.74, 6) is 2.91. The minimum absolute atomic E-state index is 0.720. The van der Waals surface area contributed by atoms with Crippen molar-refractivity contribution < 1.29 is 13.9 Å². The van der Waals surface area contributed by atoms with E-state index in [2.05, 4.69) is 89.5 Å². The SMILES string of the molecule is c1ccc2c(c1)Oc1ccc(-c3ccc4c(c3)c3ccccc3n4-c3ccc4c(c3)oc3ccccc34)cc1O2. The third-order valence-corrected chi connectivity index (χ3v) is 7.86. The van der Waals surface area contributed by atoms with E-state index in [9.17, 15) is 0 Å². The van der Waals surface area contributed by atoms with Gasteiger partial charge in [0.05, 0.1) is 11.0 Å². The Morgan fingerprint density at radius 3 is 1.95 bits per heavy atom. The lowest BCUT2D eigenvalue weighted by Gasteiger charge is -2.21. The van der Waals surface area contributed by atoms with Crippen LogP contribution in [-0.2, 0) is 0 Å². The Bertz CT molecular complexity index is 2290. The van der Waals surface area contributed by atoms with Gasteiger partial charge >= 0.3 is 0 Å². The van der Waals surface area contributed by atoms with Crippen LogP contribution >= 0.6 is 0 Å². The van der Waals surface area contributed by atoms with Crippen LogP contribution in [0.3, 0.4) is 0 Å². The Labute approximate surface area is 229 Å². The molecule has 8 aromatic rings. The maximum absolute atomic E-state index is 6.22. The molecule has 0 radical (unpaired) electrons. The molecule has 0 bridgehead atoms. The molecule has 0 aliphatic carbocycles. The second kappa shape index (κ2) is 8.01. The van der Waals surface area contributed by atoms with E-state index in [1.54, 1.807) is 0 Å². The summed E-state index contributed by atoms with van der Waals surface area (Å²) in [5.41, 5.74) is 7.36. The minimum atomic E-state index is 0.720. The number of nitrogens with zero attached hydrogens (tertiary/aromatic N) is 1. The average molecular weight is 516 g/mol. The topological polar surface area (TPSA) is 36.5 Å². The van der Waals surface area contributed by atoms with Crippen LogP contribution in [0.25, 0.3) is 60.6 Å². The Morgan fingerprint density at radius 2 is 1.05 bits per heavy atom. The Hall–Kier alpha value is -5.48. The van der Waals surface area contributed by atoms with Gasteiger partial charge in [0.25, 0.3) is 0 Å². The molecule has 0 N–H and O–H groups in total. The van der Waals surface area contributed by atoms with E-state index in [4.69, 9.17) is 13.9 Å². The standard InChI is InChI=1S/C36H21NO3/c1-3-9-29-25(7-1)28-19-22(23-14-18-34-36(20-23)40-33-12-6-5-11-32(33)39-34)13-17-30(28)37(29)24-15-16-27-26-8-2-4-10-31(26)38-35(27)21-24/h1-21H. The molecule has 0 spiro atoms. The number of para-hydroxylation sites is 4. The number of hydrogen-bond donors (Lipinski definition) is 0. The summed E-state index contributed by atoms with van der Waals surface area (Å²) >= 11 is 0. The molecule has 1 aliphatic rings. The summed E-state index contributed by atoms with van der Waals surface area (Å²) in [6.45, 7) is 0. The summed E-state index contributed by atoms with van der Waals surface area (Å²) in [6, 6.07) is 43.8. The minimum Gasteiger partial charge on any atom is -0.456 e. The van der Waals surface area contributed by atoms with Crippen molar-refractivity contribution in [2.24, 2.45) is 0 Å². The zero-order valence-corrected chi connectivity index (χ0v) is 21.3. The van der Waals surface area contributed by atoms with Crippen LogP contribution in [0.2, 0.25) is 0 Å². The molecular weight excluding hydrogens is 494 g/mol. The van der Waals surface area contributed by atoms with Crippen LogP contribution in [0.4, 0.5) is 0 Å². The first-order chi connectivity index (χ1) is 19.8. The summed E-state index contributed by atoms with van der Waals surface area (Å²) in [4.78, 5) is 0.